The van der Waals surface area contributed by atoms with Crippen molar-refractivity contribution < 1.29 is 0 Å². The largest absolute Gasteiger partial charge is 0.320 e. The van der Waals surface area contributed by atoms with Crippen molar-refractivity contribution in [2.24, 2.45) is 11.7 Å². The second-order valence-corrected chi connectivity index (χ2v) is 9.32. The van der Waals surface area contributed by atoms with Crippen molar-refractivity contribution in [3.05, 3.63) is 70.6 Å². The molecule has 2 aromatic carbocycles. The van der Waals surface area contributed by atoms with Gasteiger partial charge in [0.25, 0.3) is 0 Å². The fraction of sp³-hybridized carbons (Fsp3) is 0.292. The fourth-order valence-electron chi connectivity index (χ4n) is 4.44. The lowest BCUT2D eigenvalue weighted by Gasteiger charge is -2.35. The van der Waals surface area contributed by atoms with Gasteiger partial charge >= 0.3 is 0 Å². The van der Waals surface area contributed by atoms with E-state index in [1.165, 1.54) is 0 Å². The first kappa shape index (κ1) is 20.4. The highest BCUT2D eigenvalue weighted by Crippen LogP contribution is 2.41. The number of aromatic nitrogens is 4. The second-order valence-electron chi connectivity index (χ2n) is 8.48. The summed E-state index contributed by atoms with van der Waals surface area (Å²) >= 11 is 12.7. The smallest absolute Gasteiger partial charge is 0.135 e. The molecule has 4 aromatic rings. The predicted molar refractivity (Wildman–Crippen MR) is 126 cm³/mol. The highest BCUT2D eigenvalue weighted by molar-refractivity contribution is 6.32. The summed E-state index contributed by atoms with van der Waals surface area (Å²) in [5.41, 5.74) is 11.3. The van der Waals surface area contributed by atoms with Gasteiger partial charge in [-0.1, -0.05) is 54.4 Å². The first-order valence-electron chi connectivity index (χ1n) is 10.5. The maximum absolute atomic E-state index is 6.91. The lowest BCUT2D eigenvalue weighted by atomic mass is 9.75. The van der Waals surface area contributed by atoms with Crippen molar-refractivity contribution in [3.8, 4) is 16.9 Å². The third-order valence-electron chi connectivity index (χ3n) is 6.29. The van der Waals surface area contributed by atoms with Gasteiger partial charge in [0.1, 0.15) is 23.1 Å². The number of halogens is 2. The zero-order chi connectivity index (χ0) is 21.6. The van der Waals surface area contributed by atoms with E-state index in [9.17, 15) is 0 Å². The molecule has 2 aromatic heterocycles. The van der Waals surface area contributed by atoms with Crippen LogP contribution in [0.5, 0.6) is 0 Å². The van der Waals surface area contributed by atoms with Gasteiger partial charge in [-0.2, -0.15) is 5.10 Å². The number of nitrogens with zero attached hydrogens (tertiary/aromatic N) is 4. The van der Waals surface area contributed by atoms with E-state index in [2.05, 4.69) is 16.9 Å². The Hall–Kier alpha value is -2.47. The SMILES string of the molecule is CC1CCC(N)(c2ncnc3c(-c4ccc(Cl)cc4)n(-c4ccccc4Cl)nc23)CC1. The highest BCUT2D eigenvalue weighted by Gasteiger charge is 2.36. The van der Waals surface area contributed by atoms with Crippen LogP contribution in [0.1, 0.15) is 38.3 Å². The zero-order valence-electron chi connectivity index (χ0n) is 17.2. The molecule has 1 aliphatic carbocycles. The van der Waals surface area contributed by atoms with E-state index in [4.69, 9.17) is 34.0 Å². The van der Waals surface area contributed by atoms with Crippen molar-refractivity contribution in [2.75, 3.05) is 0 Å². The zero-order valence-corrected chi connectivity index (χ0v) is 18.7. The maximum Gasteiger partial charge on any atom is 0.135 e. The number of para-hydroxylation sites is 1. The average Bonchev–Trinajstić information content (AvgIpc) is 3.16. The number of benzene rings is 2. The van der Waals surface area contributed by atoms with Gasteiger partial charge in [0.15, 0.2) is 0 Å². The summed E-state index contributed by atoms with van der Waals surface area (Å²) in [7, 11) is 0. The van der Waals surface area contributed by atoms with Crippen LogP contribution in [0.25, 0.3) is 28.0 Å². The van der Waals surface area contributed by atoms with E-state index < -0.39 is 5.54 Å². The summed E-state index contributed by atoms with van der Waals surface area (Å²) in [5.74, 6) is 0.680. The normalized spacial score (nSPS) is 21.5. The van der Waals surface area contributed by atoms with Crippen LogP contribution in [0.4, 0.5) is 0 Å². The van der Waals surface area contributed by atoms with Gasteiger partial charge in [-0.15, -0.1) is 0 Å². The van der Waals surface area contributed by atoms with Gasteiger partial charge < -0.3 is 5.73 Å². The van der Waals surface area contributed by atoms with Gasteiger partial charge in [-0.05, 0) is 55.9 Å². The highest BCUT2D eigenvalue weighted by atomic mass is 35.5. The maximum atomic E-state index is 6.91. The van der Waals surface area contributed by atoms with Crippen LogP contribution in [-0.4, -0.2) is 19.7 Å². The molecule has 7 heteroatoms. The summed E-state index contributed by atoms with van der Waals surface area (Å²) in [4.78, 5) is 9.27. The van der Waals surface area contributed by atoms with Crippen molar-refractivity contribution in [1.82, 2.24) is 19.7 Å². The van der Waals surface area contributed by atoms with Crippen molar-refractivity contribution in [3.63, 3.8) is 0 Å². The molecule has 0 aliphatic heterocycles. The van der Waals surface area contributed by atoms with Crippen LogP contribution in [0.15, 0.2) is 54.9 Å². The van der Waals surface area contributed by atoms with E-state index in [0.29, 0.717) is 16.0 Å². The molecule has 0 radical (unpaired) electrons. The minimum absolute atomic E-state index is 0.509. The Morgan fingerprint density at radius 3 is 2.39 bits per heavy atom. The lowest BCUT2D eigenvalue weighted by molar-refractivity contribution is 0.244. The summed E-state index contributed by atoms with van der Waals surface area (Å²) in [6, 6.07) is 15.3. The van der Waals surface area contributed by atoms with E-state index in [0.717, 1.165) is 59.4 Å². The molecule has 0 bridgehead atoms. The van der Waals surface area contributed by atoms with Gasteiger partial charge in [0, 0.05) is 10.6 Å². The topological polar surface area (TPSA) is 69.6 Å². The lowest BCUT2D eigenvalue weighted by Crippen LogP contribution is -2.41. The molecular weight excluding hydrogens is 429 g/mol. The predicted octanol–water partition coefficient (Wildman–Crippen LogP) is 6.15. The monoisotopic (exact) mass is 451 g/mol. The van der Waals surface area contributed by atoms with Crippen molar-refractivity contribution in [1.29, 1.82) is 0 Å². The minimum Gasteiger partial charge on any atom is -0.320 e. The Morgan fingerprint density at radius 1 is 0.968 bits per heavy atom. The molecule has 2 N–H and O–H groups in total. The molecule has 2 heterocycles. The van der Waals surface area contributed by atoms with Crippen molar-refractivity contribution in [2.45, 2.75) is 38.1 Å². The third-order valence-corrected chi connectivity index (χ3v) is 6.87. The Kier molecular flexibility index (Phi) is 5.21. The fourth-order valence-corrected chi connectivity index (χ4v) is 4.78. The Labute approximate surface area is 191 Å². The Balaban J connectivity index is 1.78. The Morgan fingerprint density at radius 2 is 1.68 bits per heavy atom. The van der Waals surface area contributed by atoms with E-state index in [1.54, 1.807) is 6.33 Å². The molecule has 1 saturated carbocycles. The first-order valence-corrected chi connectivity index (χ1v) is 11.3. The standard InChI is InChI=1S/C24H23Cl2N5/c1-15-10-12-24(27,13-11-15)23-21-20(28-14-29-23)22(16-6-8-17(25)9-7-16)31(30-21)19-5-3-2-4-18(19)26/h2-9,14-15H,10-13,27H2,1H3. The summed E-state index contributed by atoms with van der Waals surface area (Å²) in [6.07, 6.45) is 5.53. The number of hydrogen-bond donors (Lipinski definition) is 1. The van der Waals surface area contributed by atoms with Crippen LogP contribution in [-0.2, 0) is 5.54 Å². The molecule has 5 rings (SSSR count). The molecule has 31 heavy (non-hydrogen) atoms. The van der Waals surface area contributed by atoms with E-state index in [1.807, 2.05) is 53.2 Å². The summed E-state index contributed by atoms with van der Waals surface area (Å²) < 4.78 is 1.85. The Bertz CT molecular complexity index is 1240. The number of hydrogen-bond acceptors (Lipinski definition) is 4. The molecule has 5 nitrogen and oxygen atoms in total. The van der Waals surface area contributed by atoms with Gasteiger partial charge in [-0.3, -0.25) is 0 Å². The van der Waals surface area contributed by atoms with Crippen LogP contribution in [0.3, 0.4) is 0 Å². The summed E-state index contributed by atoms with van der Waals surface area (Å²) in [5, 5.41) is 6.25. The molecule has 0 unspecified atom stereocenters. The quantitative estimate of drug-likeness (QED) is 0.405. The number of nitrogens with two attached hydrogens (primary N) is 1. The molecule has 1 aliphatic rings. The average molecular weight is 452 g/mol. The van der Waals surface area contributed by atoms with Crippen molar-refractivity contribution >= 4 is 34.2 Å². The molecule has 1 fully saturated rings. The molecule has 0 atom stereocenters. The van der Waals surface area contributed by atoms with E-state index in [-0.39, 0.29) is 0 Å². The molecule has 158 valence electrons. The van der Waals surface area contributed by atoms with Crippen LogP contribution >= 0.6 is 23.2 Å². The number of fused-ring (bicyclic) bond motifs is 1. The molecule has 0 spiro atoms. The molecule has 0 saturated heterocycles. The van der Waals surface area contributed by atoms with Gasteiger partial charge in [-0.25, -0.2) is 14.6 Å². The minimum atomic E-state index is -0.509. The van der Waals surface area contributed by atoms with E-state index >= 15 is 0 Å². The first-order chi connectivity index (χ1) is 15.0. The van der Waals surface area contributed by atoms with Crippen LogP contribution in [0.2, 0.25) is 10.0 Å². The van der Waals surface area contributed by atoms with Crippen LogP contribution in [0, 0.1) is 5.92 Å². The molecular formula is C24H23Cl2N5. The van der Waals surface area contributed by atoms with Gasteiger partial charge in [0.05, 0.1) is 21.9 Å². The second kappa shape index (κ2) is 7.90. The number of rotatable bonds is 3. The summed E-state index contributed by atoms with van der Waals surface area (Å²) in [6.45, 7) is 2.28. The van der Waals surface area contributed by atoms with Gasteiger partial charge in [0.2, 0.25) is 0 Å². The third kappa shape index (κ3) is 3.61. The van der Waals surface area contributed by atoms with Crippen LogP contribution < -0.4 is 5.73 Å². The molecule has 0 amide bonds.